The highest BCUT2D eigenvalue weighted by atomic mass is 35.5. The fourth-order valence-corrected chi connectivity index (χ4v) is 2.22. The van der Waals surface area contributed by atoms with E-state index in [1.165, 1.54) is 0 Å². The Morgan fingerprint density at radius 3 is 2.39 bits per heavy atom. The molecule has 0 atom stereocenters. The van der Waals surface area contributed by atoms with E-state index in [0.717, 1.165) is 6.54 Å². The van der Waals surface area contributed by atoms with Crippen LogP contribution in [-0.2, 0) is 0 Å². The molecule has 18 heavy (non-hydrogen) atoms. The summed E-state index contributed by atoms with van der Waals surface area (Å²) < 4.78 is 0. The van der Waals surface area contributed by atoms with E-state index >= 15 is 0 Å². The molecule has 100 valence electrons. The zero-order valence-electron chi connectivity index (χ0n) is 11.3. The monoisotopic (exact) mass is 269 g/mol. The molecule has 0 fully saturated rings. The van der Waals surface area contributed by atoms with Crippen LogP contribution < -0.4 is 4.90 Å². The Bertz CT molecular complexity index is 430. The molecule has 1 rings (SSSR count). The van der Waals surface area contributed by atoms with Crippen molar-refractivity contribution in [3.8, 4) is 0 Å². The largest absolute Gasteiger partial charge is 0.478 e. The highest BCUT2D eigenvalue weighted by Gasteiger charge is 2.21. The zero-order chi connectivity index (χ0) is 13.9. The van der Waals surface area contributed by atoms with Crippen LogP contribution in [0, 0.1) is 5.92 Å². The van der Waals surface area contributed by atoms with Gasteiger partial charge in [-0.2, -0.15) is 0 Å². The topological polar surface area (TPSA) is 40.5 Å². The zero-order valence-corrected chi connectivity index (χ0v) is 12.0. The second-order valence-corrected chi connectivity index (χ2v) is 5.49. The van der Waals surface area contributed by atoms with Crippen molar-refractivity contribution in [2.45, 2.75) is 33.7 Å². The molecule has 4 heteroatoms. The SMILES string of the molecule is CC(C)CN(c1c(Cl)cccc1C(=O)O)C(C)C. The molecule has 0 aromatic heterocycles. The average Bonchev–Trinajstić information content (AvgIpc) is 2.25. The van der Waals surface area contributed by atoms with E-state index in [9.17, 15) is 9.90 Å². The van der Waals surface area contributed by atoms with Crippen molar-refractivity contribution in [1.82, 2.24) is 0 Å². The molecule has 1 aromatic carbocycles. The fraction of sp³-hybridized carbons (Fsp3) is 0.500. The summed E-state index contributed by atoms with van der Waals surface area (Å²) in [5, 5.41) is 9.76. The van der Waals surface area contributed by atoms with E-state index < -0.39 is 5.97 Å². The number of halogens is 1. The molecular weight excluding hydrogens is 250 g/mol. The lowest BCUT2D eigenvalue weighted by Gasteiger charge is -2.32. The van der Waals surface area contributed by atoms with Gasteiger partial charge in [-0.3, -0.25) is 0 Å². The number of carbonyl (C=O) groups is 1. The van der Waals surface area contributed by atoms with Crippen LogP contribution in [0.1, 0.15) is 38.1 Å². The van der Waals surface area contributed by atoms with Gasteiger partial charge in [0.2, 0.25) is 0 Å². The third kappa shape index (κ3) is 3.39. The standard InChI is InChI=1S/C14H20ClNO2/c1-9(2)8-16(10(3)4)13-11(14(17)18)6-5-7-12(13)15/h5-7,9-10H,8H2,1-4H3,(H,17,18). The maximum Gasteiger partial charge on any atom is 0.337 e. The van der Waals surface area contributed by atoms with Gasteiger partial charge in [-0.05, 0) is 31.9 Å². The number of aromatic carboxylic acids is 1. The number of anilines is 1. The number of hydrogen-bond donors (Lipinski definition) is 1. The van der Waals surface area contributed by atoms with E-state index in [-0.39, 0.29) is 11.6 Å². The Labute approximate surface area is 113 Å². The minimum atomic E-state index is -0.943. The Morgan fingerprint density at radius 2 is 1.94 bits per heavy atom. The quantitative estimate of drug-likeness (QED) is 0.881. The van der Waals surface area contributed by atoms with Crippen LogP contribution in [-0.4, -0.2) is 23.7 Å². The lowest BCUT2D eigenvalue weighted by atomic mass is 10.1. The molecule has 0 spiro atoms. The predicted molar refractivity (Wildman–Crippen MR) is 75.7 cm³/mol. The first-order valence-corrected chi connectivity index (χ1v) is 6.50. The average molecular weight is 270 g/mol. The minimum Gasteiger partial charge on any atom is -0.478 e. The van der Waals surface area contributed by atoms with E-state index in [4.69, 9.17) is 11.6 Å². The second-order valence-electron chi connectivity index (χ2n) is 5.08. The van der Waals surface area contributed by atoms with Crippen molar-refractivity contribution in [1.29, 1.82) is 0 Å². The molecule has 3 nitrogen and oxygen atoms in total. The van der Waals surface area contributed by atoms with Crippen LogP contribution in [0.25, 0.3) is 0 Å². The van der Waals surface area contributed by atoms with Crippen LogP contribution in [0.3, 0.4) is 0 Å². The molecule has 0 radical (unpaired) electrons. The molecule has 0 bridgehead atoms. The number of para-hydroxylation sites is 1. The van der Waals surface area contributed by atoms with Crippen LogP contribution in [0.2, 0.25) is 5.02 Å². The summed E-state index contributed by atoms with van der Waals surface area (Å²) in [6, 6.07) is 5.20. The molecular formula is C14H20ClNO2. The molecule has 1 aromatic rings. The molecule has 0 aliphatic rings. The highest BCUT2D eigenvalue weighted by Crippen LogP contribution is 2.32. The van der Waals surface area contributed by atoms with Gasteiger partial charge < -0.3 is 10.0 Å². The van der Waals surface area contributed by atoms with Gasteiger partial charge in [0.25, 0.3) is 0 Å². The van der Waals surface area contributed by atoms with Gasteiger partial charge in [0.15, 0.2) is 0 Å². The van der Waals surface area contributed by atoms with Crippen molar-refractivity contribution < 1.29 is 9.90 Å². The first-order chi connectivity index (χ1) is 8.34. The van der Waals surface area contributed by atoms with E-state index in [0.29, 0.717) is 16.6 Å². The van der Waals surface area contributed by atoms with E-state index in [1.54, 1.807) is 18.2 Å². The molecule has 0 amide bonds. The van der Waals surface area contributed by atoms with Crippen molar-refractivity contribution in [3.05, 3.63) is 28.8 Å². The Hall–Kier alpha value is -1.22. The molecule has 0 unspecified atom stereocenters. The summed E-state index contributed by atoms with van der Waals surface area (Å²) in [5.41, 5.74) is 0.882. The summed E-state index contributed by atoms with van der Waals surface area (Å²) in [5.74, 6) is -0.507. The van der Waals surface area contributed by atoms with Gasteiger partial charge in [0.05, 0.1) is 16.3 Å². The van der Waals surface area contributed by atoms with E-state index in [2.05, 4.69) is 18.7 Å². The van der Waals surface area contributed by atoms with Crippen LogP contribution >= 0.6 is 11.6 Å². The van der Waals surface area contributed by atoms with Crippen LogP contribution in [0.5, 0.6) is 0 Å². The normalized spacial score (nSPS) is 11.1. The van der Waals surface area contributed by atoms with Gasteiger partial charge in [0, 0.05) is 12.6 Å². The maximum absolute atomic E-state index is 11.3. The predicted octanol–water partition coefficient (Wildman–Crippen LogP) is 3.91. The first-order valence-electron chi connectivity index (χ1n) is 6.13. The van der Waals surface area contributed by atoms with Crippen LogP contribution in [0.15, 0.2) is 18.2 Å². The van der Waals surface area contributed by atoms with Crippen molar-refractivity contribution in [3.63, 3.8) is 0 Å². The summed E-state index contributed by atoms with van der Waals surface area (Å²) in [6.07, 6.45) is 0. The van der Waals surface area contributed by atoms with Gasteiger partial charge in [-0.15, -0.1) is 0 Å². The number of carboxylic acids is 1. The van der Waals surface area contributed by atoms with E-state index in [1.807, 2.05) is 13.8 Å². The third-order valence-electron chi connectivity index (χ3n) is 2.69. The van der Waals surface area contributed by atoms with Gasteiger partial charge >= 0.3 is 5.97 Å². The molecule has 0 saturated carbocycles. The summed E-state index contributed by atoms with van der Waals surface area (Å²) in [6.45, 7) is 9.07. The Morgan fingerprint density at radius 1 is 1.33 bits per heavy atom. The first kappa shape index (κ1) is 14.8. The molecule has 0 heterocycles. The number of benzene rings is 1. The second kappa shape index (κ2) is 6.10. The number of hydrogen-bond acceptors (Lipinski definition) is 2. The van der Waals surface area contributed by atoms with Crippen molar-refractivity contribution in [2.24, 2.45) is 5.92 Å². The number of nitrogens with zero attached hydrogens (tertiary/aromatic N) is 1. The Kier molecular flexibility index (Phi) is 5.03. The maximum atomic E-state index is 11.3. The summed E-state index contributed by atoms with van der Waals surface area (Å²) in [7, 11) is 0. The smallest absolute Gasteiger partial charge is 0.337 e. The van der Waals surface area contributed by atoms with Gasteiger partial charge in [-0.1, -0.05) is 31.5 Å². The fourth-order valence-electron chi connectivity index (χ4n) is 1.93. The van der Waals surface area contributed by atoms with Gasteiger partial charge in [-0.25, -0.2) is 4.79 Å². The lowest BCUT2D eigenvalue weighted by molar-refractivity contribution is 0.0697. The molecule has 0 aliphatic carbocycles. The summed E-state index contributed by atoms with van der Waals surface area (Å²) in [4.78, 5) is 13.4. The summed E-state index contributed by atoms with van der Waals surface area (Å²) >= 11 is 6.19. The van der Waals surface area contributed by atoms with Crippen molar-refractivity contribution >= 4 is 23.3 Å². The van der Waals surface area contributed by atoms with Gasteiger partial charge in [0.1, 0.15) is 0 Å². The Balaban J connectivity index is 3.30. The third-order valence-corrected chi connectivity index (χ3v) is 2.99. The highest BCUT2D eigenvalue weighted by molar-refractivity contribution is 6.34. The molecule has 0 saturated heterocycles. The molecule has 1 N–H and O–H groups in total. The molecule has 0 aliphatic heterocycles. The number of rotatable bonds is 5. The van der Waals surface area contributed by atoms with Crippen LogP contribution in [0.4, 0.5) is 5.69 Å². The number of carboxylic acid groups (broad SMARTS) is 1. The lowest BCUT2D eigenvalue weighted by Crippen LogP contribution is -2.35. The van der Waals surface area contributed by atoms with Crippen molar-refractivity contribution in [2.75, 3.05) is 11.4 Å². The minimum absolute atomic E-state index is 0.199.